The highest BCUT2D eigenvalue weighted by molar-refractivity contribution is 7.99. The van der Waals surface area contributed by atoms with Gasteiger partial charge in [-0.3, -0.25) is 14.9 Å². The Hall–Kier alpha value is -2.67. The van der Waals surface area contributed by atoms with Gasteiger partial charge in [-0.05, 0) is 30.5 Å². The van der Waals surface area contributed by atoms with Crippen molar-refractivity contribution in [2.75, 3.05) is 12.3 Å². The molecule has 128 valence electrons. The van der Waals surface area contributed by atoms with Crippen molar-refractivity contribution in [1.82, 2.24) is 25.5 Å². The van der Waals surface area contributed by atoms with Crippen molar-refractivity contribution >= 4 is 17.7 Å². The van der Waals surface area contributed by atoms with Crippen LogP contribution in [-0.4, -0.2) is 38.4 Å². The third-order valence-corrected chi connectivity index (χ3v) is 4.41. The monoisotopic (exact) mass is 353 g/mol. The zero-order valence-corrected chi connectivity index (χ0v) is 14.5. The van der Waals surface area contributed by atoms with Gasteiger partial charge in [-0.1, -0.05) is 42.1 Å². The molecule has 3 rings (SSSR count). The third-order valence-electron chi connectivity index (χ3n) is 3.56. The van der Waals surface area contributed by atoms with Crippen molar-refractivity contribution in [3.8, 4) is 11.4 Å². The van der Waals surface area contributed by atoms with Gasteiger partial charge in [0, 0.05) is 24.5 Å². The van der Waals surface area contributed by atoms with E-state index in [1.807, 2.05) is 30.3 Å². The average Bonchev–Trinajstić information content (AvgIpc) is 3.14. The fourth-order valence-electron chi connectivity index (χ4n) is 2.30. The van der Waals surface area contributed by atoms with Crippen molar-refractivity contribution in [3.05, 3.63) is 60.4 Å². The molecule has 0 bridgehead atoms. The number of nitrogens with zero attached hydrogens (tertiary/aromatic N) is 3. The third kappa shape index (κ3) is 5.42. The summed E-state index contributed by atoms with van der Waals surface area (Å²) in [7, 11) is 0. The van der Waals surface area contributed by atoms with Gasteiger partial charge in [-0.25, -0.2) is 4.98 Å². The normalized spacial score (nSPS) is 10.6. The number of hydrogen-bond acceptors (Lipinski definition) is 5. The average molecular weight is 353 g/mol. The molecular formula is C18H19N5OS. The van der Waals surface area contributed by atoms with Gasteiger partial charge in [0.2, 0.25) is 11.1 Å². The molecule has 1 amide bonds. The van der Waals surface area contributed by atoms with E-state index in [9.17, 15) is 4.79 Å². The fourth-order valence-corrected chi connectivity index (χ4v) is 2.92. The highest BCUT2D eigenvalue weighted by atomic mass is 32.2. The molecule has 3 aromatic rings. The topological polar surface area (TPSA) is 83.6 Å². The molecule has 0 atom stereocenters. The number of carbonyl (C=O) groups excluding carboxylic acids is 1. The van der Waals surface area contributed by atoms with E-state index in [1.54, 1.807) is 12.4 Å². The summed E-state index contributed by atoms with van der Waals surface area (Å²) >= 11 is 1.32. The highest BCUT2D eigenvalue weighted by Crippen LogP contribution is 2.18. The number of aryl methyl sites for hydroxylation is 1. The van der Waals surface area contributed by atoms with Gasteiger partial charge in [-0.15, -0.1) is 5.10 Å². The van der Waals surface area contributed by atoms with Crippen LogP contribution < -0.4 is 5.32 Å². The summed E-state index contributed by atoms with van der Waals surface area (Å²) < 4.78 is 0. The number of aromatic amines is 1. The highest BCUT2D eigenvalue weighted by Gasteiger charge is 2.08. The lowest BCUT2D eigenvalue weighted by molar-refractivity contribution is -0.118. The van der Waals surface area contributed by atoms with Crippen molar-refractivity contribution in [2.45, 2.75) is 18.0 Å². The summed E-state index contributed by atoms with van der Waals surface area (Å²) in [5, 5.41) is 10.5. The smallest absolute Gasteiger partial charge is 0.230 e. The molecule has 2 N–H and O–H groups in total. The predicted octanol–water partition coefficient (Wildman–Crippen LogP) is 2.71. The molecule has 0 saturated carbocycles. The molecule has 1 aromatic carbocycles. The summed E-state index contributed by atoms with van der Waals surface area (Å²) in [5.74, 6) is 0.973. The number of benzene rings is 1. The number of rotatable bonds is 8. The van der Waals surface area contributed by atoms with Gasteiger partial charge in [0.25, 0.3) is 0 Å². The fraction of sp³-hybridized carbons (Fsp3) is 0.222. The van der Waals surface area contributed by atoms with E-state index in [-0.39, 0.29) is 5.91 Å². The van der Waals surface area contributed by atoms with E-state index >= 15 is 0 Å². The first-order chi connectivity index (χ1) is 12.3. The van der Waals surface area contributed by atoms with Gasteiger partial charge in [0.15, 0.2) is 5.82 Å². The van der Waals surface area contributed by atoms with Gasteiger partial charge in [-0.2, -0.15) is 0 Å². The Labute approximate surface area is 150 Å². The van der Waals surface area contributed by atoms with E-state index < -0.39 is 0 Å². The van der Waals surface area contributed by atoms with Crippen LogP contribution in [0.3, 0.4) is 0 Å². The van der Waals surface area contributed by atoms with E-state index in [0.717, 1.165) is 18.4 Å². The van der Waals surface area contributed by atoms with Crippen LogP contribution in [0.4, 0.5) is 0 Å². The minimum absolute atomic E-state index is 0.00618. The molecule has 0 spiro atoms. The van der Waals surface area contributed by atoms with Crippen molar-refractivity contribution in [1.29, 1.82) is 0 Å². The lowest BCUT2D eigenvalue weighted by Crippen LogP contribution is -2.26. The number of thioether (sulfide) groups is 1. The van der Waals surface area contributed by atoms with Crippen LogP contribution in [0.2, 0.25) is 0 Å². The molecule has 2 aromatic heterocycles. The number of carbonyl (C=O) groups is 1. The van der Waals surface area contributed by atoms with Crippen LogP contribution in [0.25, 0.3) is 11.4 Å². The first-order valence-electron chi connectivity index (χ1n) is 8.07. The molecule has 0 fully saturated rings. The maximum atomic E-state index is 11.9. The first kappa shape index (κ1) is 17.2. The molecule has 0 radical (unpaired) electrons. The van der Waals surface area contributed by atoms with Crippen LogP contribution in [0, 0.1) is 0 Å². The lowest BCUT2D eigenvalue weighted by atomic mass is 10.1. The summed E-state index contributed by atoms with van der Waals surface area (Å²) in [6, 6.07) is 14.0. The Bertz CT molecular complexity index is 791. The summed E-state index contributed by atoms with van der Waals surface area (Å²) in [4.78, 5) is 20.2. The van der Waals surface area contributed by atoms with Gasteiger partial charge in [0.1, 0.15) is 0 Å². The van der Waals surface area contributed by atoms with Crippen molar-refractivity contribution in [3.63, 3.8) is 0 Å². The molecule has 0 aliphatic carbocycles. The number of hydrogen-bond donors (Lipinski definition) is 2. The standard InChI is InChI=1S/C18H19N5OS/c24-16(20-10-4-7-14-5-2-1-3-6-14)13-25-18-21-17(22-23-18)15-8-11-19-12-9-15/h1-3,5-6,8-9,11-12H,4,7,10,13H2,(H,20,24)(H,21,22,23). The Morgan fingerprint density at radius 3 is 2.72 bits per heavy atom. The second-order valence-electron chi connectivity index (χ2n) is 5.43. The van der Waals surface area contributed by atoms with E-state index in [0.29, 0.717) is 23.3 Å². The van der Waals surface area contributed by atoms with E-state index in [2.05, 4.69) is 37.6 Å². The molecule has 0 aliphatic heterocycles. The molecule has 25 heavy (non-hydrogen) atoms. The van der Waals surface area contributed by atoms with E-state index in [1.165, 1.54) is 17.3 Å². The Morgan fingerprint density at radius 1 is 1.12 bits per heavy atom. The number of aromatic nitrogens is 4. The largest absolute Gasteiger partial charge is 0.355 e. The van der Waals surface area contributed by atoms with Crippen LogP contribution >= 0.6 is 11.8 Å². The Balaban J connectivity index is 1.37. The minimum atomic E-state index is -0.00618. The molecule has 0 aliphatic rings. The summed E-state index contributed by atoms with van der Waals surface area (Å²) in [6.07, 6.45) is 5.29. The van der Waals surface area contributed by atoms with Gasteiger partial charge >= 0.3 is 0 Å². The lowest BCUT2D eigenvalue weighted by Gasteiger charge is -2.04. The molecular weight excluding hydrogens is 334 g/mol. The second-order valence-corrected chi connectivity index (χ2v) is 6.37. The Morgan fingerprint density at radius 2 is 1.92 bits per heavy atom. The van der Waals surface area contributed by atoms with Gasteiger partial charge < -0.3 is 5.32 Å². The number of H-pyrrole nitrogens is 1. The SMILES string of the molecule is O=C(CSc1n[nH]c(-c2ccncc2)n1)NCCCc1ccccc1. The van der Waals surface area contributed by atoms with Crippen LogP contribution in [0.5, 0.6) is 0 Å². The van der Waals surface area contributed by atoms with Crippen LogP contribution in [0.1, 0.15) is 12.0 Å². The first-order valence-corrected chi connectivity index (χ1v) is 9.06. The van der Waals surface area contributed by atoms with Crippen LogP contribution in [-0.2, 0) is 11.2 Å². The number of amides is 1. The second kappa shape index (κ2) is 8.98. The summed E-state index contributed by atoms with van der Waals surface area (Å²) in [5.41, 5.74) is 2.20. The maximum Gasteiger partial charge on any atom is 0.230 e. The van der Waals surface area contributed by atoms with Crippen molar-refractivity contribution < 1.29 is 4.79 Å². The Kier molecular flexibility index (Phi) is 6.17. The summed E-state index contributed by atoms with van der Waals surface area (Å²) in [6.45, 7) is 0.671. The molecule has 6 nitrogen and oxygen atoms in total. The predicted molar refractivity (Wildman–Crippen MR) is 98.1 cm³/mol. The zero-order chi connectivity index (χ0) is 17.3. The maximum absolute atomic E-state index is 11.9. The van der Waals surface area contributed by atoms with E-state index in [4.69, 9.17) is 0 Å². The van der Waals surface area contributed by atoms with Gasteiger partial charge in [0.05, 0.1) is 5.75 Å². The number of nitrogens with one attached hydrogen (secondary N) is 2. The zero-order valence-electron chi connectivity index (χ0n) is 13.7. The molecule has 2 heterocycles. The minimum Gasteiger partial charge on any atom is -0.355 e. The van der Waals surface area contributed by atoms with Crippen molar-refractivity contribution in [2.24, 2.45) is 0 Å². The van der Waals surface area contributed by atoms with Crippen LogP contribution in [0.15, 0.2) is 60.0 Å². The molecule has 7 heteroatoms. The molecule has 0 unspecified atom stereocenters. The molecule has 0 saturated heterocycles. The quantitative estimate of drug-likeness (QED) is 0.480. The number of pyridine rings is 1.